The van der Waals surface area contributed by atoms with E-state index in [0.29, 0.717) is 0 Å². The van der Waals surface area contributed by atoms with E-state index in [1.807, 2.05) is 0 Å². The van der Waals surface area contributed by atoms with Crippen LogP contribution < -0.4 is 4.74 Å². The zero-order valence-corrected chi connectivity index (χ0v) is 8.77. The molecule has 1 aliphatic rings. The lowest BCUT2D eigenvalue weighted by Gasteiger charge is -2.16. The average Bonchev–Trinajstić information content (AvgIpc) is 2.24. The number of hydrogen-bond donors (Lipinski definition) is 0. The average molecular weight is 176 g/mol. The van der Waals surface area contributed by atoms with Crippen LogP contribution >= 0.6 is 0 Å². The SMILES string of the molecule is Cc1cc2c(cc1C)OC(C)(C)C2. The first-order chi connectivity index (χ1) is 5.98. The predicted molar refractivity (Wildman–Crippen MR) is 54.3 cm³/mol. The van der Waals surface area contributed by atoms with Crippen molar-refractivity contribution in [1.82, 2.24) is 0 Å². The first-order valence-corrected chi connectivity index (χ1v) is 4.77. The summed E-state index contributed by atoms with van der Waals surface area (Å²) in [5.74, 6) is 1.08. The van der Waals surface area contributed by atoms with Gasteiger partial charge in [-0.1, -0.05) is 6.07 Å². The Kier molecular flexibility index (Phi) is 1.66. The van der Waals surface area contributed by atoms with Gasteiger partial charge in [0.2, 0.25) is 0 Å². The van der Waals surface area contributed by atoms with Crippen LogP contribution in [-0.4, -0.2) is 5.60 Å². The molecule has 1 aliphatic heterocycles. The van der Waals surface area contributed by atoms with Gasteiger partial charge in [-0.15, -0.1) is 0 Å². The van der Waals surface area contributed by atoms with Gasteiger partial charge in [-0.05, 0) is 50.5 Å². The highest BCUT2D eigenvalue weighted by Gasteiger charge is 2.29. The molecule has 0 fully saturated rings. The quantitative estimate of drug-likeness (QED) is 0.590. The second-order valence-corrected chi connectivity index (χ2v) is 4.58. The molecule has 1 aromatic carbocycles. The normalized spacial score (nSPS) is 18.2. The Morgan fingerprint density at radius 1 is 1.15 bits per heavy atom. The number of aryl methyl sites for hydroxylation is 2. The van der Waals surface area contributed by atoms with Gasteiger partial charge in [0, 0.05) is 6.42 Å². The van der Waals surface area contributed by atoms with Gasteiger partial charge in [-0.2, -0.15) is 0 Å². The molecule has 0 aliphatic carbocycles. The number of rotatable bonds is 0. The lowest BCUT2D eigenvalue weighted by Crippen LogP contribution is -2.24. The second-order valence-electron chi connectivity index (χ2n) is 4.58. The number of fused-ring (bicyclic) bond motifs is 1. The molecule has 0 atom stereocenters. The molecule has 1 aromatic rings. The predicted octanol–water partition coefficient (Wildman–Crippen LogP) is 3.02. The van der Waals surface area contributed by atoms with E-state index in [1.165, 1.54) is 16.7 Å². The van der Waals surface area contributed by atoms with E-state index < -0.39 is 0 Å². The third kappa shape index (κ3) is 1.43. The van der Waals surface area contributed by atoms with Gasteiger partial charge in [0.05, 0.1) is 0 Å². The standard InChI is InChI=1S/C12H16O/c1-8-5-10-7-12(3,4)13-11(10)6-9(8)2/h5-6H,7H2,1-4H3. The fraction of sp³-hybridized carbons (Fsp3) is 0.500. The molecule has 0 spiro atoms. The monoisotopic (exact) mass is 176 g/mol. The van der Waals surface area contributed by atoms with E-state index in [-0.39, 0.29) is 5.60 Å². The molecule has 0 N–H and O–H groups in total. The number of hydrogen-bond acceptors (Lipinski definition) is 1. The highest BCUT2D eigenvalue weighted by atomic mass is 16.5. The number of ether oxygens (including phenoxy) is 1. The van der Waals surface area contributed by atoms with Gasteiger partial charge < -0.3 is 4.74 Å². The first kappa shape index (κ1) is 8.61. The summed E-state index contributed by atoms with van der Waals surface area (Å²) in [6.45, 7) is 8.56. The van der Waals surface area contributed by atoms with E-state index in [9.17, 15) is 0 Å². The van der Waals surface area contributed by atoms with Crippen molar-refractivity contribution in [3.8, 4) is 5.75 Å². The Morgan fingerprint density at radius 3 is 2.46 bits per heavy atom. The summed E-state index contributed by atoms with van der Waals surface area (Å²) in [7, 11) is 0. The van der Waals surface area contributed by atoms with Gasteiger partial charge in [-0.25, -0.2) is 0 Å². The summed E-state index contributed by atoms with van der Waals surface area (Å²) in [5.41, 5.74) is 4.02. The summed E-state index contributed by atoms with van der Waals surface area (Å²) in [5, 5.41) is 0. The highest BCUT2D eigenvalue weighted by Crippen LogP contribution is 2.36. The highest BCUT2D eigenvalue weighted by molar-refractivity contribution is 5.45. The van der Waals surface area contributed by atoms with Crippen LogP contribution in [0.5, 0.6) is 5.75 Å². The van der Waals surface area contributed by atoms with Crippen molar-refractivity contribution in [2.24, 2.45) is 0 Å². The Morgan fingerprint density at radius 2 is 1.77 bits per heavy atom. The zero-order chi connectivity index (χ0) is 9.64. The molecule has 0 saturated heterocycles. The van der Waals surface area contributed by atoms with E-state index in [1.54, 1.807) is 0 Å². The summed E-state index contributed by atoms with van der Waals surface area (Å²) < 4.78 is 5.83. The van der Waals surface area contributed by atoms with Crippen molar-refractivity contribution in [2.75, 3.05) is 0 Å². The Bertz CT molecular complexity index is 317. The van der Waals surface area contributed by atoms with Crippen LogP contribution in [0.1, 0.15) is 30.5 Å². The van der Waals surface area contributed by atoms with Gasteiger partial charge in [0.15, 0.2) is 0 Å². The van der Waals surface area contributed by atoms with Crippen LogP contribution in [0.3, 0.4) is 0 Å². The molecule has 1 nitrogen and oxygen atoms in total. The Balaban J connectivity index is 2.48. The van der Waals surface area contributed by atoms with Crippen LogP contribution in [0, 0.1) is 13.8 Å². The molecule has 2 rings (SSSR count). The van der Waals surface area contributed by atoms with Crippen LogP contribution in [0.15, 0.2) is 12.1 Å². The maximum Gasteiger partial charge on any atom is 0.123 e. The molecule has 1 heteroatoms. The molecular weight excluding hydrogens is 160 g/mol. The fourth-order valence-corrected chi connectivity index (χ4v) is 1.88. The van der Waals surface area contributed by atoms with Gasteiger partial charge >= 0.3 is 0 Å². The van der Waals surface area contributed by atoms with Gasteiger partial charge in [0.25, 0.3) is 0 Å². The molecule has 0 amide bonds. The maximum atomic E-state index is 5.83. The summed E-state index contributed by atoms with van der Waals surface area (Å²) in [6, 6.07) is 4.40. The van der Waals surface area contributed by atoms with Crippen LogP contribution in [-0.2, 0) is 6.42 Å². The molecule has 0 radical (unpaired) electrons. The van der Waals surface area contributed by atoms with Crippen molar-refractivity contribution in [3.05, 3.63) is 28.8 Å². The van der Waals surface area contributed by atoms with Crippen molar-refractivity contribution in [1.29, 1.82) is 0 Å². The smallest absolute Gasteiger partial charge is 0.123 e. The zero-order valence-electron chi connectivity index (χ0n) is 8.77. The molecule has 0 bridgehead atoms. The van der Waals surface area contributed by atoms with Crippen LogP contribution in [0.4, 0.5) is 0 Å². The Labute approximate surface area is 79.7 Å². The van der Waals surface area contributed by atoms with Crippen molar-refractivity contribution in [2.45, 2.75) is 39.7 Å². The molecule has 0 saturated carbocycles. The summed E-state index contributed by atoms with van der Waals surface area (Å²) >= 11 is 0. The minimum Gasteiger partial charge on any atom is -0.487 e. The van der Waals surface area contributed by atoms with Crippen molar-refractivity contribution < 1.29 is 4.74 Å². The van der Waals surface area contributed by atoms with Gasteiger partial charge in [-0.3, -0.25) is 0 Å². The molecular formula is C12H16O. The lowest BCUT2D eigenvalue weighted by atomic mass is 9.99. The first-order valence-electron chi connectivity index (χ1n) is 4.77. The largest absolute Gasteiger partial charge is 0.487 e. The third-order valence-corrected chi connectivity index (χ3v) is 2.68. The maximum absolute atomic E-state index is 5.83. The molecule has 13 heavy (non-hydrogen) atoms. The van der Waals surface area contributed by atoms with Crippen LogP contribution in [0.25, 0.3) is 0 Å². The second kappa shape index (κ2) is 2.50. The summed E-state index contributed by atoms with van der Waals surface area (Å²) in [4.78, 5) is 0. The van der Waals surface area contributed by atoms with E-state index >= 15 is 0 Å². The van der Waals surface area contributed by atoms with E-state index in [2.05, 4.69) is 39.8 Å². The minimum absolute atomic E-state index is 0.0113. The summed E-state index contributed by atoms with van der Waals surface area (Å²) in [6.07, 6.45) is 1.03. The molecule has 0 unspecified atom stereocenters. The van der Waals surface area contributed by atoms with Gasteiger partial charge in [0.1, 0.15) is 11.4 Å². The molecule has 1 heterocycles. The lowest BCUT2D eigenvalue weighted by molar-refractivity contribution is 0.138. The molecule has 70 valence electrons. The van der Waals surface area contributed by atoms with E-state index in [4.69, 9.17) is 4.74 Å². The minimum atomic E-state index is -0.0113. The van der Waals surface area contributed by atoms with Crippen LogP contribution in [0.2, 0.25) is 0 Å². The van der Waals surface area contributed by atoms with E-state index in [0.717, 1.165) is 12.2 Å². The van der Waals surface area contributed by atoms with Crippen molar-refractivity contribution >= 4 is 0 Å². The molecule has 0 aromatic heterocycles. The fourth-order valence-electron chi connectivity index (χ4n) is 1.88. The topological polar surface area (TPSA) is 9.23 Å². The third-order valence-electron chi connectivity index (χ3n) is 2.68. The number of benzene rings is 1. The van der Waals surface area contributed by atoms with Crippen molar-refractivity contribution in [3.63, 3.8) is 0 Å². The Hall–Kier alpha value is -0.980.